The lowest BCUT2D eigenvalue weighted by molar-refractivity contribution is -0.157. The molecule has 1 saturated heterocycles. The van der Waals surface area contributed by atoms with Gasteiger partial charge in [-0.2, -0.15) is 13.2 Å². The molecular formula is C17H18F3N3O4. The van der Waals surface area contributed by atoms with Gasteiger partial charge in [0.2, 0.25) is 5.89 Å². The van der Waals surface area contributed by atoms with Crippen molar-refractivity contribution in [3.63, 3.8) is 0 Å². The van der Waals surface area contributed by atoms with Crippen LogP contribution >= 0.6 is 0 Å². The van der Waals surface area contributed by atoms with E-state index in [1.165, 1.54) is 14.2 Å². The van der Waals surface area contributed by atoms with Gasteiger partial charge in [-0.1, -0.05) is 0 Å². The Labute approximate surface area is 153 Å². The van der Waals surface area contributed by atoms with Crippen LogP contribution in [0.25, 0.3) is 0 Å². The lowest BCUT2D eigenvalue weighted by Gasteiger charge is -2.31. The van der Waals surface area contributed by atoms with E-state index in [0.29, 0.717) is 36.4 Å². The molecular weight excluding hydrogens is 367 g/mol. The maximum Gasteiger partial charge on any atom is 0.470 e. The van der Waals surface area contributed by atoms with Crippen molar-refractivity contribution in [1.82, 2.24) is 15.1 Å². The highest BCUT2D eigenvalue weighted by molar-refractivity contribution is 5.95. The molecule has 0 N–H and O–H groups in total. The summed E-state index contributed by atoms with van der Waals surface area (Å²) in [7, 11) is 2.96. The number of hydrogen-bond donors (Lipinski definition) is 0. The average Bonchev–Trinajstić information content (AvgIpc) is 3.17. The molecule has 2 aromatic rings. The molecule has 1 aromatic heterocycles. The minimum atomic E-state index is -4.69. The third-order valence-electron chi connectivity index (χ3n) is 4.37. The van der Waals surface area contributed by atoms with Crippen LogP contribution in [0.15, 0.2) is 22.6 Å². The Kier molecular flexibility index (Phi) is 5.24. The Balaban J connectivity index is 1.76. The predicted octanol–water partition coefficient (Wildman–Crippen LogP) is 3.13. The second kappa shape index (κ2) is 7.45. The third kappa shape index (κ3) is 3.99. The number of alkyl halides is 3. The smallest absolute Gasteiger partial charge is 0.470 e. The van der Waals surface area contributed by atoms with Gasteiger partial charge in [0, 0.05) is 18.7 Å². The Morgan fingerprint density at radius 3 is 2.59 bits per heavy atom. The number of carbonyl (C=O) groups is 1. The topological polar surface area (TPSA) is 77.7 Å². The van der Waals surface area contributed by atoms with Crippen LogP contribution in [-0.4, -0.2) is 48.3 Å². The summed E-state index contributed by atoms with van der Waals surface area (Å²) >= 11 is 0. The van der Waals surface area contributed by atoms with Crippen molar-refractivity contribution in [2.24, 2.45) is 0 Å². The van der Waals surface area contributed by atoms with Crippen LogP contribution in [0.5, 0.6) is 11.5 Å². The number of likely N-dealkylation sites (tertiary alicyclic amines) is 1. The number of rotatable bonds is 4. The normalized spacial score (nSPS) is 17.7. The molecule has 0 spiro atoms. The standard InChI is InChI=1S/C17H18F3N3O4/c1-25-12-6-5-10(8-13(12)26-2)15(24)23-7-3-4-11(9-23)14-21-22-16(27-14)17(18,19)20/h5-6,8,11H,3-4,7,9H2,1-2H3. The summed E-state index contributed by atoms with van der Waals surface area (Å²) in [6, 6.07) is 4.81. The first-order valence-electron chi connectivity index (χ1n) is 8.25. The van der Waals surface area contributed by atoms with Crippen molar-refractivity contribution in [3.8, 4) is 11.5 Å². The maximum atomic E-state index is 12.8. The van der Waals surface area contributed by atoms with Crippen LogP contribution in [0.1, 0.15) is 40.9 Å². The molecule has 1 atom stereocenters. The quantitative estimate of drug-likeness (QED) is 0.805. The molecule has 146 valence electrons. The van der Waals surface area contributed by atoms with Crippen molar-refractivity contribution in [2.75, 3.05) is 27.3 Å². The number of hydrogen-bond acceptors (Lipinski definition) is 6. The fourth-order valence-corrected chi connectivity index (χ4v) is 3.03. The molecule has 0 bridgehead atoms. The van der Waals surface area contributed by atoms with E-state index in [0.717, 1.165) is 0 Å². The first-order valence-corrected chi connectivity index (χ1v) is 8.25. The SMILES string of the molecule is COc1ccc(C(=O)N2CCCC(c3nnc(C(F)(F)F)o3)C2)cc1OC. The molecule has 2 heterocycles. The number of halogens is 3. The van der Waals surface area contributed by atoms with Crippen molar-refractivity contribution in [2.45, 2.75) is 24.9 Å². The summed E-state index contributed by atoms with van der Waals surface area (Å²) in [6.45, 7) is 0.691. The Bertz CT molecular complexity index is 822. The van der Waals surface area contributed by atoms with Crippen LogP contribution in [0.4, 0.5) is 13.2 Å². The van der Waals surface area contributed by atoms with E-state index in [1.807, 2.05) is 0 Å². The summed E-state index contributed by atoms with van der Waals surface area (Å²) in [5, 5.41) is 6.57. The number of methoxy groups -OCH3 is 2. The fraction of sp³-hybridized carbons (Fsp3) is 0.471. The summed E-state index contributed by atoms with van der Waals surface area (Å²) in [5.74, 6) is -1.25. The number of piperidine rings is 1. The zero-order valence-electron chi connectivity index (χ0n) is 14.7. The maximum absolute atomic E-state index is 12.8. The van der Waals surface area contributed by atoms with Gasteiger partial charge >= 0.3 is 12.1 Å². The molecule has 0 radical (unpaired) electrons. The van der Waals surface area contributed by atoms with Crippen LogP contribution in [-0.2, 0) is 6.18 Å². The van der Waals surface area contributed by atoms with Crippen molar-refractivity contribution in [3.05, 3.63) is 35.5 Å². The van der Waals surface area contributed by atoms with Gasteiger partial charge in [0.05, 0.1) is 20.1 Å². The molecule has 0 saturated carbocycles. The summed E-state index contributed by atoms with van der Waals surface area (Å²) in [4.78, 5) is 14.4. The Morgan fingerprint density at radius 2 is 1.96 bits per heavy atom. The van der Waals surface area contributed by atoms with E-state index in [4.69, 9.17) is 13.9 Å². The van der Waals surface area contributed by atoms with Crippen LogP contribution in [0.3, 0.4) is 0 Å². The molecule has 1 unspecified atom stereocenters. The highest BCUT2D eigenvalue weighted by Gasteiger charge is 2.39. The number of amides is 1. The van der Waals surface area contributed by atoms with Gasteiger partial charge in [0.15, 0.2) is 11.5 Å². The molecule has 0 aliphatic carbocycles. The number of nitrogens with zero attached hydrogens (tertiary/aromatic N) is 3. The first-order chi connectivity index (χ1) is 12.8. The monoisotopic (exact) mass is 385 g/mol. The average molecular weight is 385 g/mol. The van der Waals surface area contributed by atoms with Gasteiger partial charge < -0.3 is 18.8 Å². The van der Waals surface area contributed by atoms with Crippen molar-refractivity contribution >= 4 is 5.91 Å². The highest BCUT2D eigenvalue weighted by Crippen LogP contribution is 2.33. The van der Waals surface area contributed by atoms with Gasteiger partial charge in [-0.25, -0.2) is 0 Å². The number of benzene rings is 1. The van der Waals surface area contributed by atoms with E-state index in [1.54, 1.807) is 23.1 Å². The second-order valence-electron chi connectivity index (χ2n) is 6.10. The number of ether oxygens (including phenoxy) is 2. The van der Waals surface area contributed by atoms with Crippen molar-refractivity contribution < 1.29 is 31.9 Å². The van der Waals surface area contributed by atoms with Gasteiger partial charge in [-0.05, 0) is 31.0 Å². The van der Waals surface area contributed by atoms with E-state index in [2.05, 4.69) is 10.2 Å². The van der Waals surface area contributed by atoms with Crippen LogP contribution in [0, 0.1) is 0 Å². The van der Waals surface area contributed by atoms with Gasteiger partial charge in [0.1, 0.15) is 0 Å². The minimum absolute atomic E-state index is 0.105. The summed E-state index contributed by atoms with van der Waals surface area (Å²) in [6.07, 6.45) is -3.50. The van der Waals surface area contributed by atoms with Crippen molar-refractivity contribution in [1.29, 1.82) is 0 Å². The van der Waals surface area contributed by atoms with Crippen LogP contribution < -0.4 is 9.47 Å². The second-order valence-corrected chi connectivity index (χ2v) is 6.10. The molecule has 10 heteroatoms. The largest absolute Gasteiger partial charge is 0.493 e. The summed E-state index contributed by atoms with van der Waals surface area (Å²) < 4.78 is 53.1. The van der Waals surface area contributed by atoms with Gasteiger partial charge in [-0.15, -0.1) is 10.2 Å². The zero-order valence-corrected chi connectivity index (χ0v) is 14.7. The molecule has 1 amide bonds. The molecule has 3 rings (SSSR count). The molecule has 1 fully saturated rings. The fourth-order valence-electron chi connectivity index (χ4n) is 3.03. The molecule has 7 nitrogen and oxygen atoms in total. The number of carbonyl (C=O) groups excluding carboxylic acids is 1. The lowest BCUT2D eigenvalue weighted by atomic mass is 9.97. The molecule has 27 heavy (non-hydrogen) atoms. The third-order valence-corrected chi connectivity index (χ3v) is 4.37. The zero-order chi connectivity index (χ0) is 19.6. The van der Waals surface area contributed by atoms with E-state index >= 15 is 0 Å². The highest BCUT2D eigenvalue weighted by atomic mass is 19.4. The predicted molar refractivity (Wildman–Crippen MR) is 86.7 cm³/mol. The number of aromatic nitrogens is 2. The Morgan fingerprint density at radius 1 is 1.22 bits per heavy atom. The van der Waals surface area contributed by atoms with E-state index in [9.17, 15) is 18.0 Å². The molecule has 1 aromatic carbocycles. The summed E-state index contributed by atoms with van der Waals surface area (Å²) in [5.41, 5.74) is 0.398. The van der Waals surface area contributed by atoms with Crippen LogP contribution in [0.2, 0.25) is 0 Å². The Hall–Kier alpha value is -2.78. The van der Waals surface area contributed by atoms with Gasteiger partial charge in [0.25, 0.3) is 5.91 Å². The first kappa shape index (κ1) is 19.0. The lowest BCUT2D eigenvalue weighted by Crippen LogP contribution is -2.39. The van der Waals surface area contributed by atoms with E-state index < -0.39 is 18.0 Å². The molecule has 1 aliphatic rings. The van der Waals surface area contributed by atoms with E-state index in [-0.39, 0.29) is 18.3 Å². The van der Waals surface area contributed by atoms with Gasteiger partial charge in [-0.3, -0.25) is 4.79 Å². The molecule has 1 aliphatic heterocycles. The minimum Gasteiger partial charge on any atom is -0.493 e.